The summed E-state index contributed by atoms with van der Waals surface area (Å²) < 4.78 is 6.34. The highest BCUT2D eigenvalue weighted by Crippen LogP contribution is 2.18. The number of esters is 1. The summed E-state index contributed by atoms with van der Waals surface area (Å²) in [4.78, 5) is 29.2. The number of carbonyl (C=O) groups is 1. The highest BCUT2D eigenvalue weighted by atomic mass is 32.2. The lowest BCUT2D eigenvalue weighted by Crippen LogP contribution is -2.14. The fourth-order valence-electron chi connectivity index (χ4n) is 1.87. The molecule has 0 aliphatic rings. The quantitative estimate of drug-likeness (QED) is 0.396. The fraction of sp³-hybridized carbons (Fsp3) is 0.125. The van der Waals surface area contributed by atoms with Gasteiger partial charge in [-0.3, -0.25) is 4.79 Å². The second kappa shape index (κ2) is 7.41. The summed E-state index contributed by atoms with van der Waals surface area (Å²) in [5.41, 5.74) is 0.388. The Morgan fingerprint density at radius 3 is 2.96 bits per heavy atom. The van der Waals surface area contributed by atoms with Crippen molar-refractivity contribution in [3.63, 3.8) is 0 Å². The standard InChI is InChI=1S/C16H13N3O3S2/c1-11-9-14(20)19-16(17-11)24-13(18-19)10-22-15(21)7-8-23-12-5-3-2-4-6-12/h2-9H,10H2,1H3/b8-7+. The highest BCUT2D eigenvalue weighted by Gasteiger charge is 2.09. The van der Waals surface area contributed by atoms with Crippen LogP contribution in [0, 0.1) is 6.92 Å². The molecule has 0 atom stereocenters. The predicted molar refractivity (Wildman–Crippen MR) is 93.1 cm³/mol. The largest absolute Gasteiger partial charge is 0.455 e. The van der Waals surface area contributed by atoms with Crippen molar-refractivity contribution in [1.82, 2.24) is 14.6 Å². The van der Waals surface area contributed by atoms with E-state index in [2.05, 4.69) is 10.1 Å². The Balaban J connectivity index is 1.58. The first-order valence-corrected chi connectivity index (χ1v) is 8.73. The van der Waals surface area contributed by atoms with Crippen LogP contribution >= 0.6 is 23.1 Å². The van der Waals surface area contributed by atoms with Crippen molar-refractivity contribution >= 4 is 34.0 Å². The fourth-order valence-corrected chi connectivity index (χ4v) is 3.38. The predicted octanol–water partition coefficient (Wildman–Crippen LogP) is 2.81. The van der Waals surface area contributed by atoms with Gasteiger partial charge in [0.05, 0.1) is 0 Å². The first kappa shape index (κ1) is 16.4. The van der Waals surface area contributed by atoms with Gasteiger partial charge in [0.15, 0.2) is 5.01 Å². The molecule has 8 heteroatoms. The van der Waals surface area contributed by atoms with Gasteiger partial charge in [-0.1, -0.05) is 41.3 Å². The van der Waals surface area contributed by atoms with Gasteiger partial charge >= 0.3 is 5.97 Å². The van der Waals surface area contributed by atoms with Crippen LogP contribution in [0.25, 0.3) is 4.96 Å². The molecule has 0 aliphatic carbocycles. The summed E-state index contributed by atoms with van der Waals surface area (Å²) >= 11 is 2.65. The van der Waals surface area contributed by atoms with Crippen LogP contribution in [0.15, 0.2) is 57.6 Å². The van der Waals surface area contributed by atoms with Crippen LogP contribution in [0.1, 0.15) is 10.7 Å². The number of benzene rings is 1. The third-order valence-corrected chi connectivity index (χ3v) is 4.60. The van der Waals surface area contributed by atoms with Crippen molar-refractivity contribution in [3.05, 3.63) is 68.9 Å². The Kier molecular flexibility index (Phi) is 5.07. The van der Waals surface area contributed by atoms with E-state index in [4.69, 9.17) is 4.74 Å². The smallest absolute Gasteiger partial charge is 0.331 e. The van der Waals surface area contributed by atoms with E-state index in [-0.39, 0.29) is 12.2 Å². The Hall–Kier alpha value is -2.45. The van der Waals surface area contributed by atoms with Crippen LogP contribution in [0.3, 0.4) is 0 Å². The van der Waals surface area contributed by atoms with Crippen LogP contribution in [0.5, 0.6) is 0 Å². The Morgan fingerprint density at radius 1 is 1.38 bits per heavy atom. The number of ether oxygens (including phenoxy) is 1. The van der Waals surface area contributed by atoms with Crippen molar-refractivity contribution in [2.75, 3.05) is 0 Å². The molecule has 0 fully saturated rings. The summed E-state index contributed by atoms with van der Waals surface area (Å²) in [6.45, 7) is 1.75. The molecule has 2 heterocycles. The number of hydrogen-bond donors (Lipinski definition) is 0. The Bertz CT molecular complexity index is 948. The molecule has 6 nitrogen and oxygen atoms in total. The molecular weight excluding hydrogens is 346 g/mol. The summed E-state index contributed by atoms with van der Waals surface area (Å²) in [6, 6.07) is 11.1. The van der Waals surface area contributed by atoms with Crippen molar-refractivity contribution < 1.29 is 9.53 Å². The molecule has 0 radical (unpaired) electrons. The number of carbonyl (C=O) groups excluding carboxylic acids is 1. The molecular formula is C16H13N3O3S2. The third-order valence-electron chi connectivity index (χ3n) is 2.90. The van der Waals surface area contributed by atoms with Gasteiger partial charge in [-0.2, -0.15) is 9.61 Å². The van der Waals surface area contributed by atoms with Crippen LogP contribution < -0.4 is 5.56 Å². The van der Waals surface area contributed by atoms with Crippen LogP contribution in [-0.2, 0) is 16.1 Å². The summed E-state index contributed by atoms with van der Waals surface area (Å²) in [7, 11) is 0. The number of fused-ring (bicyclic) bond motifs is 1. The zero-order valence-electron chi connectivity index (χ0n) is 12.7. The van der Waals surface area contributed by atoms with E-state index in [1.54, 1.807) is 12.3 Å². The van der Waals surface area contributed by atoms with Crippen LogP contribution in [0.4, 0.5) is 0 Å². The third kappa shape index (κ3) is 4.09. The second-order valence-electron chi connectivity index (χ2n) is 4.77. The molecule has 3 rings (SSSR count). The lowest BCUT2D eigenvalue weighted by molar-refractivity contribution is -0.139. The number of aryl methyl sites for hydroxylation is 1. The van der Waals surface area contributed by atoms with Crippen molar-refractivity contribution in [2.24, 2.45) is 0 Å². The van der Waals surface area contributed by atoms with E-state index in [1.165, 1.54) is 39.8 Å². The van der Waals surface area contributed by atoms with E-state index in [0.29, 0.717) is 15.7 Å². The van der Waals surface area contributed by atoms with Gasteiger partial charge in [-0.15, -0.1) is 0 Å². The van der Waals surface area contributed by atoms with Crippen molar-refractivity contribution in [1.29, 1.82) is 0 Å². The van der Waals surface area contributed by atoms with Gasteiger partial charge in [-0.25, -0.2) is 9.78 Å². The minimum Gasteiger partial charge on any atom is -0.455 e. The highest BCUT2D eigenvalue weighted by molar-refractivity contribution is 8.02. The topological polar surface area (TPSA) is 73.6 Å². The van der Waals surface area contributed by atoms with Gasteiger partial charge in [0.2, 0.25) is 4.96 Å². The Morgan fingerprint density at radius 2 is 2.17 bits per heavy atom. The molecule has 122 valence electrons. The first-order chi connectivity index (χ1) is 11.6. The van der Waals surface area contributed by atoms with Gasteiger partial charge in [-0.05, 0) is 24.5 Å². The average Bonchev–Trinajstić information content (AvgIpc) is 2.97. The molecule has 0 spiro atoms. The zero-order chi connectivity index (χ0) is 16.9. The molecule has 3 aromatic rings. The SMILES string of the molecule is Cc1cc(=O)n2nc(COC(=O)/C=C/Sc3ccccc3)sc2n1. The molecule has 0 aliphatic heterocycles. The van der Waals surface area contributed by atoms with E-state index in [0.717, 1.165) is 4.90 Å². The minimum atomic E-state index is -0.464. The number of nitrogens with zero attached hydrogens (tertiary/aromatic N) is 3. The number of rotatable bonds is 5. The maximum atomic E-state index is 11.8. The lowest BCUT2D eigenvalue weighted by atomic mass is 10.4. The molecule has 0 bridgehead atoms. The van der Waals surface area contributed by atoms with Gasteiger partial charge in [0, 0.05) is 22.7 Å². The van der Waals surface area contributed by atoms with Gasteiger partial charge in [0.25, 0.3) is 5.56 Å². The van der Waals surface area contributed by atoms with Crippen LogP contribution in [-0.4, -0.2) is 20.6 Å². The van der Waals surface area contributed by atoms with Gasteiger partial charge < -0.3 is 4.74 Å². The Labute approximate surface area is 145 Å². The number of thioether (sulfide) groups is 1. The maximum absolute atomic E-state index is 11.8. The molecule has 2 aromatic heterocycles. The maximum Gasteiger partial charge on any atom is 0.331 e. The molecule has 0 amide bonds. The lowest BCUT2D eigenvalue weighted by Gasteiger charge is -1.97. The molecule has 0 saturated heterocycles. The summed E-state index contributed by atoms with van der Waals surface area (Å²) in [5, 5.41) is 6.30. The van der Waals surface area contributed by atoms with Crippen LogP contribution in [0.2, 0.25) is 0 Å². The molecule has 0 unspecified atom stereocenters. The zero-order valence-corrected chi connectivity index (χ0v) is 14.3. The molecule has 1 aromatic carbocycles. The van der Waals surface area contributed by atoms with Crippen molar-refractivity contribution in [3.8, 4) is 0 Å². The normalized spacial score (nSPS) is 11.2. The molecule has 0 N–H and O–H groups in total. The molecule has 24 heavy (non-hydrogen) atoms. The molecule has 0 saturated carbocycles. The average molecular weight is 359 g/mol. The van der Waals surface area contributed by atoms with E-state index < -0.39 is 5.97 Å². The van der Waals surface area contributed by atoms with E-state index >= 15 is 0 Å². The van der Waals surface area contributed by atoms with E-state index in [9.17, 15) is 9.59 Å². The monoisotopic (exact) mass is 359 g/mol. The number of hydrogen-bond acceptors (Lipinski definition) is 7. The number of aromatic nitrogens is 3. The van der Waals surface area contributed by atoms with E-state index in [1.807, 2.05) is 30.3 Å². The summed E-state index contributed by atoms with van der Waals surface area (Å²) in [5.74, 6) is -0.464. The summed E-state index contributed by atoms with van der Waals surface area (Å²) in [6.07, 6.45) is 1.36. The van der Waals surface area contributed by atoms with Crippen molar-refractivity contribution in [2.45, 2.75) is 18.4 Å². The van der Waals surface area contributed by atoms with Gasteiger partial charge in [0.1, 0.15) is 6.61 Å². The second-order valence-corrected chi connectivity index (χ2v) is 6.79. The first-order valence-electron chi connectivity index (χ1n) is 7.03. The minimum absolute atomic E-state index is 0.00565.